The number of aromatic amines is 1. The number of thiazole rings is 1. The summed E-state index contributed by atoms with van der Waals surface area (Å²) in [6.45, 7) is 1.58. The monoisotopic (exact) mass is 257 g/mol. The van der Waals surface area contributed by atoms with Gasteiger partial charge in [0.15, 0.2) is 0 Å². The first-order chi connectivity index (χ1) is 8.72. The molecule has 90 valence electrons. The summed E-state index contributed by atoms with van der Waals surface area (Å²) in [5.74, 6) is 0.135. The Labute approximate surface area is 108 Å². The van der Waals surface area contributed by atoms with Crippen LogP contribution in [0.4, 0.5) is 0 Å². The first-order valence-electron chi connectivity index (χ1n) is 5.60. The molecule has 0 aliphatic carbocycles. The van der Waals surface area contributed by atoms with Gasteiger partial charge in [-0.05, 0) is 25.1 Å². The van der Waals surface area contributed by atoms with E-state index in [1.807, 2.05) is 23.6 Å². The smallest absolute Gasteiger partial charge is 0.135 e. The van der Waals surface area contributed by atoms with Gasteiger partial charge >= 0.3 is 0 Å². The van der Waals surface area contributed by atoms with E-state index < -0.39 is 0 Å². The molecule has 3 rings (SSSR count). The molecule has 4 nitrogen and oxygen atoms in total. The number of rotatable bonds is 3. The van der Waals surface area contributed by atoms with E-state index in [0.717, 1.165) is 27.3 Å². The number of carbonyl (C=O) groups excluding carboxylic acids is 1. The Morgan fingerprint density at radius 2 is 2.33 bits per heavy atom. The molecule has 0 spiro atoms. The first-order valence-corrected chi connectivity index (χ1v) is 6.48. The predicted octanol–water partition coefficient (Wildman–Crippen LogP) is 2.82. The zero-order valence-corrected chi connectivity index (χ0v) is 10.6. The highest BCUT2D eigenvalue weighted by Gasteiger charge is 2.07. The average molecular weight is 257 g/mol. The SMILES string of the molecule is CC(=O)Cc1csc(-c2ccc3nc[nH]c3c2)n1. The number of H-pyrrole nitrogens is 1. The summed E-state index contributed by atoms with van der Waals surface area (Å²) in [7, 11) is 0. The number of aromatic nitrogens is 3. The molecule has 0 bridgehead atoms. The highest BCUT2D eigenvalue weighted by atomic mass is 32.1. The highest BCUT2D eigenvalue weighted by molar-refractivity contribution is 7.13. The van der Waals surface area contributed by atoms with Crippen LogP contribution in [0.2, 0.25) is 0 Å². The summed E-state index contributed by atoms with van der Waals surface area (Å²) in [4.78, 5) is 22.8. The van der Waals surface area contributed by atoms with Gasteiger partial charge in [0.25, 0.3) is 0 Å². The van der Waals surface area contributed by atoms with Gasteiger partial charge in [-0.1, -0.05) is 0 Å². The summed E-state index contributed by atoms with van der Waals surface area (Å²) in [5.41, 5.74) is 3.83. The molecule has 18 heavy (non-hydrogen) atoms. The van der Waals surface area contributed by atoms with Gasteiger partial charge in [-0.3, -0.25) is 4.79 Å². The molecule has 3 aromatic rings. The molecule has 0 aliphatic rings. The lowest BCUT2D eigenvalue weighted by Crippen LogP contribution is -1.95. The minimum Gasteiger partial charge on any atom is -0.345 e. The molecule has 2 aromatic heterocycles. The standard InChI is InChI=1S/C13H11N3OS/c1-8(17)4-10-6-18-13(16-10)9-2-3-11-12(5-9)15-7-14-11/h2-3,5-7H,4H2,1H3,(H,14,15). The number of ketones is 1. The van der Waals surface area contributed by atoms with Crippen LogP contribution in [0.1, 0.15) is 12.6 Å². The zero-order valence-electron chi connectivity index (χ0n) is 9.80. The number of imidazole rings is 1. The molecule has 0 atom stereocenters. The summed E-state index contributed by atoms with van der Waals surface area (Å²) >= 11 is 1.56. The minimum atomic E-state index is 0.135. The number of carbonyl (C=O) groups is 1. The van der Waals surface area contributed by atoms with Crippen molar-refractivity contribution < 1.29 is 4.79 Å². The second kappa shape index (κ2) is 4.34. The molecule has 1 aromatic carbocycles. The normalized spacial score (nSPS) is 10.9. The van der Waals surface area contributed by atoms with Crippen LogP contribution in [-0.4, -0.2) is 20.7 Å². The van der Waals surface area contributed by atoms with Gasteiger partial charge in [-0.15, -0.1) is 11.3 Å². The van der Waals surface area contributed by atoms with E-state index in [2.05, 4.69) is 15.0 Å². The van der Waals surface area contributed by atoms with Crippen molar-refractivity contribution in [1.29, 1.82) is 0 Å². The molecule has 1 N–H and O–H groups in total. The Morgan fingerprint density at radius 3 is 3.17 bits per heavy atom. The molecular formula is C13H11N3OS. The second-order valence-corrected chi connectivity index (χ2v) is 5.02. The van der Waals surface area contributed by atoms with Gasteiger partial charge in [-0.2, -0.15) is 0 Å². The lowest BCUT2D eigenvalue weighted by molar-refractivity contribution is -0.116. The second-order valence-electron chi connectivity index (χ2n) is 4.16. The van der Waals surface area contributed by atoms with E-state index >= 15 is 0 Å². The first kappa shape index (κ1) is 11.1. The van der Waals surface area contributed by atoms with Crippen LogP contribution in [0.15, 0.2) is 29.9 Å². The Hall–Kier alpha value is -2.01. The van der Waals surface area contributed by atoms with Gasteiger partial charge < -0.3 is 4.98 Å². The fourth-order valence-electron chi connectivity index (χ4n) is 1.84. The molecular weight excluding hydrogens is 246 g/mol. The van der Waals surface area contributed by atoms with E-state index in [9.17, 15) is 4.79 Å². The van der Waals surface area contributed by atoms with Gasteiger partial charge in [0, 0.05) is 17.4 Å². The Kier molecular flexibility index (Phi) is 2.68. The average Bonchev–Trinajstić information content (AvgIpc) is 2.95. The summed E-state index contributed by atoms with van der Waals surface area (Å²) < 4.78 is 0. The highest BCUT2D eigenvalue weighted by Crippen LogP contribution is 2.26. The lowest BCUT2D eigenvalue weighted by atomic mass is 10.2. The molecule has 2 heterocycles. The van der Waals surface area contributed by atoms with Gasteiger partial charge in [-0.25, -0.2) is 9.97 Å². The maximum atomic E-state index is 11.1. The Balaban J connectivity index is 1.97. The largest absolute Gasteiger partial charge is 0.345 e. The van der Waals surface area contributed by atoms with Crippen LogP contribution in [-0.2, 0) is 11.2 Å². The van der Waals surface area contributed by atoms with Crippen molar-refractivity contribution in [3.63, 3.8) is 0 Å². The van der Waals surface area contributed by atoms with Crippen molar-refractivity contribution in [2.24, 2.45) is 0 Å². The van der Waals surface area contributed by atoms with Crippen LogP contribution in [0.25, 0.3) is 21.6 Å². The number of Topliss-reactive ketones (excluding diaryl/α,β-unsaturated/α-hetero) is 1. The molecule has 0 saturated carbocycles. The number of fused-ring (bicyclic) bond motifs is 1. The molecule has 0 unspecified atom stereocenters. The maximum Gasteiger partial charge on any atom is 0.135 e. The predicted molar refractivity (Wildman–Crippen MR) is 71.6 cm³/mol. The van der Waals surface area contributed by atoms with Gasteiger partial charge in [0.2, 0.25) is 0 Å². The third-order valence-electron chi connectivity index (χ3n) is 2.65. The molecule has 0 amide bonds. The zero-order chi connectivity index (χ0) is 12.5. The molecule has 0 aliphatic heterocycles. The van der Waals surface area contributed by atoms with Crippen molar-refractivity contribution in [2.75, 3.05) is 0 Å². The summed E-state index contributed by atoms with van der Waals surface area (Å²) in [5, 5.41) is 2.87. The number of hydrogen-bond donors (Lipinski definition) is 1. The molecule has 0 fully saturated rings. The van der Waals surface area contributed by atoms with E-state index in [1.54, 1.807) is 24.6 Å². The number of hydrogen-bond acceptors (Lipinski definition) is 4. The quantitative estimate of drug-likeness (QED) is 0.785. The van der Waals surface area contributed by atoms with E-state index in [4.69, 9.17) is 0 Å². The van der Waals surface area contributed by atoms with E-state index in [0.29, 0.717) is 6.42 Å². The maximum absolute atomic E-state index is 11.1. The number of benzene rings is 1. The molecule has 0 radical (unpaired) electrons. The molecule has 5 heteroatoms. The Morgan fingerprint density at radius 1 is 1.44 bits per heavy atom. The number of nitrogens with zero attached hydrogens (tertiary/aromatic N) is 2. The lowest BCUT2D eigenvalue weighted by Gasteiger charge is -1.96. The topological polar surface area (TPSA) is 58.6 Å². The van der Waals surface area contributed by atoms with Gasteiger partial charge in [0.05, 0.1) is 23.1 Å². The fourth-order valence-corrected chi connectivity index (χ4v) is 2.66. The van der Waals surface area contributed by atoms with Crippen molar-refractivity contribution in [2.45, 2.75) is 13.3 Å². The Bertz CT molecular complexity index is 714. The van der Waals surface area contributed by atoms with Crippen LogP contribution in [0, 0.1) is 0 Å². The molecule has 0 saturated heterocycles. The fraction of sp³-hybridized carbons (Fsp3) is 0.154. The summed E-state index contributed by atoms with van der Waals surface area (Å²) in [6.07, 6.45) is 2.08. The third-order valence-corrected chi connectivity index (χ3v) is 3.59. The van der Waals surface area contributed by atoms with Crippen LogP contribution < -0.4 is 0 Å². The van der Waals surface area contributed by atoms with Crippen LogP contribution >= 0.6 is 11.3 Å². The van der Waals surface area contributed by atoms with Crippen LogP contribution in [0.3, 0.4) is 0 Å². The summed E-state index contributed by atoms with van der Waals surface area (Å²) in [6, 6.07) is 5.99. The van der Waals surface area contributed by atoms with Crippen molar-refractivity contribution in [1.82, 2.24) is 15.0 Å². The van der Waals surface area contributed by atoms with E-state index in [1.165, 1.54) is 0 Å². The van der Waals surface area contributed by atoms with Crippen molar-refractivity contribution in [3.05, 3.63) is 35.6 Å². The third kappa shape index (κ3) is 2.04. The van der Waals surface area contributed by atoms with Crippen molar-refractivity contribution >= 4 is 28.2 Å². The van der Waals surface area contributed by atoms with Crippen LogP contribution in [0.5, 0.6) is 0 Å². The van der Waals surface area contributed by atoms with Crippen molar-refractivity contribution in [3.8, 4) is 10.6 Å². The van der Waals surface area contributed by atoms with E-state index in [-0.39, 0.29) is 5.78 Å². The number of nitrogens with one attached hydrogen (secondary N) is 1. The minimum absolute atomic E-state index is 0.135. The van der Waals surface area contributed by atoms with Gasteiger partial charge in [0.1, 0.15) is 10.8 Å².